The second kappa shape index (κ2) is 10.5. The normalized spacial score (nSPS) is 10.8. The SMILES string of the molecule is CCOc1cc(/C=C/C(=O)Nc2ccccc2C(=O)NC(C)C)cc(Cl)c1OC. The zero-order chi connectivity index (χ0) is 21.4. The molecule has 0 saturated carbocycles. The number of carbonyl (C=O) groups is 2. The first-order chi connectivity index (χ1) is 13.8. The largest absolute Gasteiger partial charge is 0.491 e. The number of nitrogens with one attached hydrogen (secondary N) is 2. The van der Waals surface area contributed by atoms with E-state index >= 15 is 0 Å². The first-order valence-corrected chi connectivity index (χ1v) is 9.62. The lowest BCUT2D eigenvalue weighted by molar-refractivity contribution is -0.111. The van der Waals surface area contributed by atoms with Crippen molar-refractivity contribution in [2.24, 2.45) is 0 Å². The molecule has 0 radical (unpaired) electrons. The Morgan fingerprint density at radius 2 is 1.93 bits per heavy atom. The molecule has 0 spiro atoms. The zero-order valence-corrected chi connectivity index (χ0v) is 17.7. The van der Waals surface area contributed by atoms with E-state index in [2.05, 4.69) is 10.6 Å². The van der Waals surface area contributed by atoms with E-state index in [9.17, 15) is 9.59 Å². The molecule has 154 valence electrons. The summed E-state index contributed by atoms with van der Waals surface area (Å²) in [4.78, 5) is 24.7. The second-order valence-electron chi connectivity index (χ2n) is 6.46. The van der Waals surface area contributed by atoms with Gasteiger partial charge in [-0.25, -0.2) is 0 Å². The van der Waals surface area contributed by atoms with Crippen molar-refractivity contribution >= 4 is 35.2 Å². The number of ether oxygens (including phenoxy) is 2. The van der Waals surface area contributed by atoms with Gasteiger partial charge in [-0.3, -0.25) is 9.59 Å². The minimum absolute atomic E-state index is 0.00879. The van der Waals surface area contributed by atoms with Crippen LogP contribution in [0.4, 0.5) is 5.69 Å². The molecule has 0 atom stereocenters. The first kappa shape index (κ1) is 22.3. The Balaban J connectivity index is 2.18. The maximum absolute atomic E-state index is 12.4. The lowest BCUT2D eigenvalue weighted by atomic mass is 10.1. The van der Waals surface area contributed by atoms with Gasteiger partial charge in [-0.05, 0) is 56.7 Å². The van der Waals surface area contributed by atoms with Crippen LogP contribution in [0.15, 0.2) is 42.5 Å². The molecule has 0 aromatic heterocycles. The molecule has 0 bridgehead atoms. The molecule has 2 aromatic carbocycles. The van der Waals surface area contributed by atoms with Gasteiger partial charge in [0, 0.05) is 12.1 Å². The molecule has 0 saturated heterocycles. The number of hydrogen-bond acceptors (Lipinski definition) is 4. The van der Waals surface area contributed by atoms with E-state index in [-0.39, 0.29) is 17.9 Å². The standard InChI is InChI=1S/C22H25ClN2O4/c1-5-29-19-13-15(12-17(23)21(19)28-4)10-11-20(26)25-18-9-7-6-8-16(18)22(27)24-14(2)3/h6-14H,5H2,1-4H3,(H,24,27)(H,25,26)/b11-10+. The molecule has 2 rings (SSSR count). The molecule has 0 aliphatic heterocycles. The average molecular weight is 417 g/mol. The Hall–Kier alpha value is -2.99. The average Bonchev–Trinajstić information content (AvgIpc) is 2.66. The van der Waals surface area contributed by atoms with Crippen molar-refractivity contribution in [3.05, 3.63) is 58.6 Å². The zero-order valence-electron chi connectivity index (χ0n) is 16.9. The summed E-state index contributed by atoms with van der Waals surface area (Å²) < 4.78 is 10.8. The van der Waals surface area contributed by atoms with Gasteiger partial charge in [0.1, 0.15) is 0 Å². The molecule has 0 aliphatic rings. The molecule has 2 amide bonds. The molecule has 0 aliphatic carbocycles. The van der Waals surface area contributed by atoms with E-state index in [1.165, 1.54) is 13.2 Å². The van der Waals surface area contributed by atoms with E-state index in [0.29, 0.717) is 39.9 Å². The fraction of sp³-hybridized carbons (Fsp3) is 0.273. The number of halogens is 1. The Morgan fingerprint density at radius 3 is 2.59 bits per heavy atom. The molecule has 0 unspecified atom stereocenters. The van der Waals surface area contributed by atoms with E-state index in [1.54, 1.807) is 42.5 Å². The number of para-hydroxylation sites is 1. The third kappa shape index (κ3) is 6.26. The summed E-state index contributed by atoms with van der Waals surface area (Å²) in [6, 6.07) is 10.2. The molecular formula is C22H25ClN2O4. The van der Waals surface area contributed by atoms with Gasteiger partial charge >= 0.3 is 0 Å². The Labute approximate surface area is 175 Å². The molecule has 2 N–H and O–H groups in total. The van der Waals surface area contributed by atoms with E-state index in [0.717, 1.165) is 0 Å². The topological polar surface area (TPSA) is 76.7 Å². The fourth-order valence-electron chi connectivity index (χ4n) is 2.62. The van der Waals surface area contributed by atoms with Crippen LogP contribution >= 0.6 is 11.6 Å². The number of carbonyl (C=O) groups excluding carboxylic acids is 2. The third-order valence-electron chi connectivity index (χ3n) is 3.81. The highest BCUT2D eigenvalue weighted by molar-refractivity contribution is 6.32. The number of amides is 2. The Kier molecular flexibility index (Phi) is 8.09. The lowest BCUT2D eigenvalue weighted by Crippen LogP contribution is -2.30. The number of methoxy groups -OCH3 is 1. The van der Waals surface area contributed by atoms with E-state index in [4.69, 9.17) is 21.1 Å². The highest BCUT2D eigenvalue weighted by Gasteiger charge is 2.13. The Morgan fingerprint density at radius 1 is 1.21 bits per heavy atom. The molecule has 29 heavy (non-hydrogen) atoms. The smallest absolute Gasteiger partial charge is 0.253 e. The van der Waals surface area contributed by atoms with Crippen molar-refractivity contribution in [1.29, 1.82) is 0 Å². The number of benzene rings is 2. The van der Waals surface area contributed by atoms with Crippen LogP contribution in [0, 0.1) is 0 Å². The quantitative estimate of drug-likeness (QED) is 0.619. The summed E-state index contributed by atoms with van der Waals surface area (Å²) in [5.74, 6) is 0.321. The summed E-state index contributed by atoms with van der Waals surface area (Å²) in [5.41, 5.74) is 1.51. The maximum atomic E-state index is 12.4. The van der Waals surface area contributed by atoms with Crippen molar-refractivity contribution < 1.29 is 19.1 Å². The van der Waals surface area contributed by atoms with E-state index in [1.807, 2.05) is 20.8 Å². The van der Waals surface area contributed by atoms with Gasteiger partial charge in [-0.15, -0.1) is 0 Å². The number of anilines is 1. The third-order valence-corrected chi connectivity index (χ3v) is 4.09. The molecule has 7 heteroatoms. The van der Waals surface area contributed by atoms with Gasteiger partial charge in [0.2, 0.25) is 5.91 Å². The van der Waals surface area contributed by atoms with Crippen LogP contribution in [0.1, 0.15) is 36.7 Å². The van der Waals surface area contributed by atoms with Crippen LogP contribution in [0.3, 0.4) is 0 Å². The van der Waals surface area contributed by atoms with Crippen LogP contribution in [-0.4, -0.2) is 31.6 Å². The Bertz CT molecular complexity index is 910. The molecule has 6 nitrogen and oxygen atoms in total. The maximum Gasteiger partial charge on any atom is 0.253 e. The molecule has 2 aromatic rings. The molecular weight excluding hydrogens is 392 g/mol. The lowest BCUT2D eigenvalue weighted by Gasteiger charge is -2.12. The van der Waals surface area contributed by atoms with Gasteiger partial charge in [-0.2, -0.15) is 0 Å². The van der Waals surface area contributed by atoms with Gasteiger partial charge in [0.05, 0.1) is 30.0 Å². The fourth-order valence-corrected chi connectivity index (χ4v) is 2.92. The number of rotatable bonds is 8. The first-order valence-electron chi connectivity index (χ1n) is 9.25. The monoisotopic (exact) mass is 416 g/mol. The molecule has 0 heterocycles. The summed E-state index contributed by atoms with van der Waals surface area (Å²) in [6.07, 6.45) is 2.98. The van der Waals surface area contributed by atoms with Crippen LogP contribution in [0.2, 0.25) is 5.02 Å². The van der Waals surface area contributed by atoms with Crippen molar-refractivity contribution in [2.75, 3.05) is 19.0 Å². The van der Waals surface area contributed by atoms with Gasteiger partial charge in [0.25, 0.3) is 5.91 Å². The molecule has 0 fully saturated rings. The highest BCUT2D eigenvalue weighted by atomic mass is 35.5. The summed E-state index contributed by atoms with van der Waals surface area (Å²) in [6.45, 7) is 6.06. The van der Waals surface area contributed by atoms with Crippen molar-refractivity contribution in [2.45, 2.75) is 26.8 Å². The van der Waals surface area contributed by atoms with Crippen LogP contribution in [0.5, 0.6) is 11.5 Å². The van der Waals surface area contributed by atoms with Crippen molar-refractivity contribution in [1.82, 2.24) is 5.32 Å². The summed E-state index contributed by atoms with van der Waals surface area (Å²) >= 11 is 6.23. The predicted molar refractivity (Wildman–Crippen MR) is 116 cm³/mol. The van der Waals surface area contributed by atoms with Crippen molar-refractivity contribution in [3.8, 4) is 11.5 Å². The van der Waals surface area contributed by atoms with Crippen molar-refractivity contribution in [3.63, 3.8) is 0 Å². The minimum atomic E-state index is -0.375. The van der Waals surface area contributed by atoms with Crippen LogP contribution in [0.25, 0.3) is 6.08 Å². The van der Waals surface area contributed by atoms with Gasteiger partial charge in [-0.1, -0.05) is 23.7 Å². The minimum Gasteiger partial charge on any atom is -0.491 e. The summed E-state index contributed by atoms with van der Waals surface area (Å²) in [7, 11) is 1.51. The van der Waals surface area contributed by atoms with Crippen LogP contribution in [-0.2, 0) is 4.79 Å². The van der Waals surface area contributed by atoms with Crippen LogP contribution < -0.4 is 20.1 Å². The van der Waals surface area contributed by atoms with Gasteiger partial charge < -0.3 is 20.1 Å². The highest BCUT2D eigenvalue weighted by Crippen LogP contribution is 2.36. The number of hydrogen-bond donors (Lipinski definition) is 2. The predicted octanol–water partition coefficient (Wildman–Crippen LogP) is 4.54. The van der Waals surface area contributed by atoms with E-state index < -0.39 is 0 Å². The summed E-state index contributed by atoms with van der Waals surface area (Å²) in [5, 5.41) is 5.94. The van der Waals surface area contributed by atoms with Gasteiger partial charge in [0.15, 0.2) is 11.5 Å². The second-order valence-corrected chi connectivity index (χ2v) is 6.87.